The van der Waals surface area contributed by atoms with Gasteiger partial charge in [-0.25, -0.2) is 16.8 Å². The molecule has 2 aromatic carbocycles. The van der Waals surface area contributed by atoms with Gasteiger partial charge in [0.2, 0.25) is 10.0 Å². The number of benzene rings is 2. The number of aromatic nitrogens is 1. The molecule has 4 atom stereocenters. The van der Waals surface area contributed by atoms with Crippen LogP contribution in [0.2, 0.25) is 5.02 Å². The van der Waals surface area contributed by atoms with Crippen molar-refractivity contribution in [2.75, 3.05) is 38.1 Å². The highest BCUT2D eigenvalue weighted by molar-refractivity contribution is 7.92. The summed E-state index contributed by atoms with van der Waals surface area (Å²) in [6.45, 7) is 8.59. The zero-order chi connectivity index (χ0) is 36.1. The zero-order valence-corrected chi connectivity index (χ0v) is 30.9. The van der Waals surface area contributed by atoms with E-state index < -0.39 is 44.0 Å². The Morgan fingerprint density at radius 1 is 1.10 bits per heavy atom. The molecule has 1 amide bonds. The Morgan fingerprint density at radius 3 is 2.43 bits per heavy atom. The number of halogens is 1. The van der Waals surface area contributed by atoms with Crippen LogP contribution in [-0.2, 0) is 24.8 Å². The van der Waals surface area contributed by atoms with Crippen molar-refractivity contribution in [1.29, 1.82) is 0 Å². The second kappa shape index (κ2) is 16.2. The van der Waals surface area contributed by atoms with Gasteiger partial charge < -0.3 is 24.0 Å². The maximum atomic E-state index is 14.4. The maximum Gasteiger partial charge on any atom is 0.261 e. The number of hydrogen-bond donors (Lipinski definition) is 2. The van der Waals surface area contributed by atoms with Crippen LogP contribution in [0, 0.1) is 19.8 Å². The van der Waals surface area contributed by atoms with Crippen molar-refractivity contribution in [2.45, 2.75) is 81.9 Å². The number of carbonyl (C=O) groups is 1. The first-order valence-corrected chi connectivity index (χ1v) is 19.4. The number of fused-ring (bicyclic) bond motifs is 1. The summed E-state index contributed by atoms with van der Waals surface area (Å²) in [5.41, 5.74) is 0.488. The smallest absolute Gasteiger partial charge is 0.261 e. The first kappa shape index (κ1) is 38.6. The molecule has 16 heteroatoms. The normalized spacial score (nSPS) is 20.7. The van der Waals surface area contributed by atoms with Gasteiger partial charge in [0.15, 0.2) is 5.76 Å². The number of nitrogens with one attached hydrogen (secondary N) is 1. The van der Waals surface area contributed by atoms with E-state index in [0.29, 0.717) is 24.5 Å². The van der Waals surface area contributed by atoms with Crippen LogP contribution in [-0.4, -0.2) is 93.8 Å². The molecule has 2 N–H and O–H groups in total. The van der Waals surface area contributed by atoms with Crippen LogP contribution in [0.25, 0.3) is 0 Å². The molecule has 0 saturated carbocycles. The van der Waals surface area contributed by atoms with E-state index in [-0.39, 0.29) is 64.0 Å². The number of aliphatic hydroxyl groups is 1. The monoisotopic (exact) mass is 740 g/mol. The van der Waals surface area contributed by atoms with E-state index in [4.69, 9.17) is 25.6 Å². The van der Waals surface area contributed by atoms with Gasteiger partial charge in [0, 0.05) is 43.4 Å². The van der Waals surface area contributed by atoms with E-state index in [1.54, 1.807) is 19.9 Å². The number of nitrogens with zero attached hydrogens (tertiary/aromatic N) is 3. The summed E-state index contributed by atoms with van der Waals surface area (Å²) >= 11 is 5.94. The molecule has 0 spiro atoms. The second-order valence-electron chi connectivity index (χ2n) is 12.5. The number of sulfonamides is 2. The van der Waals surface area contributed by atoms with Crippen molar-refractivity contribution in [3.8, 4) is 5.75 Å². The van der Waals surface area contributed by atoms with Gasteiger partial charge in [-0.3, -0.25) is 9.52 Å². The molecule has 49 heavy (non-hydrogen) atoms. The number of aryl methyl sites for hydroxylation is 2. The van der Waals surface area contributed by atoms with E-state index in [1.807, 2.05) is 13.8 Å². The molecule has 0 saturated heterocycles. The molecule has 0 unspecified atom stereocenters. The molecule has 1 aromatic heterocycles. The summed E-state index contributed by atoms with van der Waals surface area (Å²) in [5, 5.41) is 14.4. The number of rotatable bonds is 9. The van der Waals surface area contributed by atoms with Crippen LogP contribution in [0.5, 0.6) is 5.75 Å². The number of hydrogen-bond acceptors (Lipinski definition) is 10. The molecule has 4 rings (SSSR count). The van der Waals surface area contributed by atoms with E-state index in [0.717, 1.165) is 6.42 Å². The minimum Gasteiger partial charge on any atom is -0.490 e. The average Bonchev–Trinajstić information content (AvgIpc) is 3.40. The minimum atomic E-state index is -4.02. The van der Waals surface area contributed by atoms with Crippen molar-refractivity contribution in [3.63, 3.8) is 0 Å². The van der Waals surface area contributed by atoms with Crippen molar-refractivity contribution >= 4 is 43.2 Å². The molecule has 0 radical (unpaired) electrons. The van der Waals surface area contributed by atoms with Crippen LogP contribution < -0.4 is 9.46 Å². The van der Waals surface area contributed by atoms with Gasteiger partial charge in [0.1, 0.15) is 16.3 Å². The Hall–Kier alpha value is -3.21. The standard InChI is InChI=1S/C33H45ClN4O9S2/c1-21-18-38(22(2)20-39)33(40)29-17-27(36-48(41,42)28-13-10-26(34)11-14-28)12-15-30(29)46-23(3)9-7-8-16-45-31(21)19-37(6)49(43,44)32-24(4)35-47-25(32)5/h10-15,17,21-23,31,36,39H,7-9,16,18-20H2,1-6H3/t21-,22-,23+,31-/m0/s1. The summed E-state index contributed by atoms with van der Waals surface area (Å²) in [6, 6.07) is 9.53. The van der Waals surface area contributed by atoms with Crippen molar-refractivity contribution in [1.82, 2.24) is 14.4 Å². The lowest BCUT2D eigenvalue weighted by Crippen LogP contribution is -2.48. The third kappa shape index (κ3) is 9.32. The van der Waals surface area contributed by atoms with E-state index >= 15 is 0 Å². The second-order valence-corrected chi connectivity index (χ2v) is 16.6. The predicted molar refractivity (Wildman–Crippen MR) is 185 cm³/mol. The molecule has 13 nitrogen and oxygen atoms in total. The summed E-state index contributed by atoms with van der Waals surface area (Å²) in [4.78, 5) is 15.8. The SMILES string of the molecule is Cc1noc(C)c1S(=O)(=O)N(C)C[C@@H]1OCCCC[C@@H](C)Oc2ccc(NS(=O)(=O)c3ccc(Cl)cc3)cc2C(=O)N([C@@H](C)CO)C[C@@H]1C. The summed E-state index contributed by atoms with van der Waals surface area (Å²) in [6.07, 6.45) is 1.14. The van der Waals surface area contributed by atoms with Crippen LogP contribution in [0.15, 0.2) is 56.8 Å². The van der Waals surface area contributed by atoms with Crippen LogP contribution in [0.1, 0.15) is 61.8 Å². The number of carbonyl (C=O) groups excluding carboxylic acids is 1. The lowest BCUT2D eigenvalue weighted by molar-refractivity contribution is -0.00835. The van der Waals surface area contributed by atoms with E-state index in [1.165, 1.54) is 59.6 Å². The zero-order valence-electron chi connectivity index (χ0n) is 28.5. The van der Waals surface area contributed by atoms with Gasteiger partial charge in [-0.15, -0.1) is 0 Å². The highest BCUT2D eigenvalue weighted by Gasteiger charge is 2.34. The number of likely N-dealkylation sites (N-methyl/N-ethyl adjacent to an activating group) is 1. The molecular weight excluding hydrogens is 696 g/mol. The van der Waals surface area contributed by atoms with Gasteiger partial charge >= 0.3 is 0 Å². The fourth-order valence-electron chi connectivity index (χ4n) is 5.63. The highest BCUT2D eigenvalue weighted by atomic mass is 35.5. The van der Waals surface area contributed by atoms with Gasteiger partial charge in [-0.2, -0.15) is 4.31 Å². The average molecular weight is 741 g/mol. The molecule has 270 valence electrons. The molecule has 3 aromatic rings. The fourth-order valence-corrected chi connectivity index (χ4v) is 8.27. The largest absolute Gasteiger partial charge is 0.490 e. The molecule has 1 aliphatic heterocycles. The van der Waals surface area contributed by atoms with Gasteiger partial charge in [0.05, 0.1) is 35.3 Å². The summed E-state index contributed by atoms with van der Waals surface area (Å²) in [5.74, 6) is -0.457. The Balaban J connectivity index is 1.69. The fraction of sp³-hybridized carbons (Fsp3) is 0.515. The summed E-state index contributed by atoms with van der Waals surface area (Å²) in [7, 11) is -6.54. The topological polar surface area (TPSA) is 169 Å². The van der Waals surface area contributed by atoms with Crippen molar-refractivity contribution in [2.24, 2.45) is 5.92 Å². The van der Waals surface area contributed by atoms with Crippen LogP contribution in [0.4, 0.5) is 5.69 Å². The van der Waals surface area contributed by atoms with E-state index in [2.05, 4.69) is 9.88 Å². The Morgan fingerprint density at radius 2 is 1.80 bits per heavy atom. The highest BCUT2D eigenvalue weighted by Crippen LogP contribution is 2.30. The number of anilines is 1. The van der Waals surface area contributed by atoms with Gasteiger partial charge in [-0.1, -0.05) is 23.7 Å². The molecular formula is C33H45ClN4O9S2. The predicted octanol–water partition coefficient (Wildman–Crippen LogP) is 4.86. The number of ether oxygens (including phenoxy) is 2. The Labute approximate surface area is 293 Å². The van der Waals surface area contributed by atoms with E-state index in [9.17, 15) is 26.7 Å². The Kier molecular flexibility index (Phi) is 12.8. The maximum absolute atomic E-state index is 14.4. The van der Waals surface area contributed by atoms with Crippen LogP contribution >= 0.6 is 11.6 Å². The first-order chi connectivity index (χ1) is 23.0. The molecule has 0 fully saturated rings. The number of aliphatic hydroxyl groups excluding tert-OH is 1. The third-order valence-corrected chi connectivity index (χ3v) is 12.2. The summed E-state index contributed by atoms with van der Waals surface area (Å²) < 4.78 is 74.8. The first-order valence-electron chi connectivity index (χ1n) is 16.1. The van der Waals surface area contributed by atoms with Gasteiger partial charge in [0.25, 0.3) is 15.9 Å². The Bertz CT molecular complexity index is 1800. The van der Waals surface area contributed by atoms with Crippen molar-refractivity contribution in [3.05, 3.63) is 64.5 Å². The lowest BCUT2D eigenvalue weighted by Gasteiger charge is -2.35. The number of amides is 1. The lowest BCUT2D eigenvalue weighted by atomic mass is 10.0. The molecule has 2 heterocycles. The quantitative estimate of drug-likeness (QED) is 0.309. The molecule has 1 aliphatic rings. The van der Waals surface area contributed by atoms with Gasteiger partial charge in [-0.05, 0) is 89.4 Å². The third-order valence-electron chi connectivity index (χ3n) is 8.50. The van der Waals surface area contributed by atoms with Crippen molar-refractivity contribution < 1.29 is 40.7 Å². The minimum absolute atomic E-state index is 0.00216. The van der Waals surface area contributed by atoms with Crippen LogP contribution in [0.3, 0.4) is 0 Å². The molecule has 0 bridgehead atoms. The molecule has 0 aliphatic carbocycles.